The van der Waals surface area contributed by atoms with E-state index in [1.54, 1.807) is 44.4 Å². The van der Waals surface area contributed by atoms with Crippen molar-refractivity contribution in [2.45, 2.75) is 142 Å². The molecule has 0 aromatic rings. The fourth-order valence-electron chi connectivity index (χ4n) is 8.83. The summed E-state index contributed by atoms with van der Waals surface area (Å²) in [4.78, 5) is 61.3. The monoisotopic (exact) mass is 856 g/mol. The number of aliphatic hydroxyl groups is 1. The van der Waals surface area contributed by atoms with Crippen LogP contribution in [-0.2, 0) is 28.7 Å². The highest BCUT2D eigenvalue weighted by Crippen LogP contribution is 2.31. The van der Waals surface area contributed by atoms with Crippen LogP contribution in [0.1, 0.15) is 93.4 Å². The zero-order valence-electron chi connectivity index (χ0n) is 39.4. The van der Waals surface area contributed by atoms with E-state index in [4.69, 9.17) is 15.2 Å². The average molecular weight is 856 g/mol. The molecule has 61 heavy (non-hydrogen) atoms. The maximum absolute atomic E-state index is 14.4. The summed E-state index contributed by atoms with van der Waals surface area (Å²) in [5, 5.41) is 21.0. The molecule has 1 fully saturated rings. The summed E-state index contributed by atoms with van der Waals surface area (Å²) in [5.41, 5.74) is 7.37. The molecule has 4 amide bonds. The minimum atomic E-state index is -1.14. The molecule has 0 saturated carbocycles. The minimum absolute atomic E-state index is 0.0218. The van der Waals surface area contributed by atoms with Crippen molar-refractivity contribution in [2.24, 2.45) is 29.4 Å². The number of likely N-dealkylation sites (N-methyl/N-ethyl adjacent to an activating group) is 2. The Hall–Kier alpha value is -3.82. The van der Waals surface area contributed by atoms with Gasteiger partial charge in [-0.15, -0.1) is 0 Å². The van der Waals surface area contributed by atoms with Crippen LogP contribution in [0.15, 0.2) is 60.4 Å². The van der Waals surface area contributed by atoms with Gasteiger partial charge in [0.1, 0.15) is 12.3 Å². The van der Waals surface area contributed by atoms with Crippen molar-refractivity contribution in [2.75, 3.05) is 48.5 Å². The van der Waals surface area contributed by atoms with E-state index in [1.165, 1.54) is 6.20 Å². The maximum atomic E-state index is 14.4. The number of ether oxygens (including phenoxy) is 2. The lowest BCUT2D eigenvalue weighted by Crippen LogP contribution is -2.59. The number of allylic oxidation sites excluding steroid dienone is 5. The van der Waals surface area contributed by atoms with Crippen LogP contribution in [0.5, 0.6) is 0 Å². The Morgan fingerprint density at radius 3 is 2.26 bits per heavy atom. The Morgan fingerprint density at radius 2 is 1.74 bits per heavy atom. The topological polar surface area (TPSA) is 179 Å². The van der Waals surface area contributed by atoms with E-state index >= 15 is 0 Å². The molecule has 0 radical (unpaired) electrons. The number of amides is 4. The Bertz CT molecular complexity index is 1530. The molecule has 10 unspecified atom stereocenters. The predicted molar refractivity (Wildman–Crippen MR) is 244 cm³/mol. The Balaban J connectivity index is 2.31. The number of carbonyl (C=O) groups is 4. The molecule has 346 valence electrons. The van der Waals surface area contributed by atoms with Crippen molar-refractivity contribution in [3.05, 3.63) is 60.4 Å². The van der Waals surface area contributed by atoms with E-state index in [0.29, 0.717) is 19.4 Å². The zero-order chi connectivity index (χ0) is 46.0. The van der Waals surface area contributed by atoms with Crippen molar-refractivity contribution >= 4 is 23.6 Å². The van der Waals surface area contributed by atoms with Crippen LogP contribution in [0.2, 0.25) is 0 Å². The van der Waals surface area contributed by atoms with Crippen molar-refractivity contribution in [1.29, 1.82) is 0 Å². The number of rotatable bonds is 26. The maximum Gasteiger partial charge on any atom is 0.245 e. The summed E-state index contributed by atoms with van der Waals surface area (Å²) >= 11 is 0. The number of likely N-dealkylation sites (tertiary alicyclic amines) is 1. The van der Waals surface area contributed by atoms with E-state index in [0.717, 1.165) is 36.8 Å². The number of hydrogen-bond donors (Lipinski definition) is 5. The molecule has 1 saturated heterocycles. The highest BCUT2D eigenvalue weighted by molar-refractivity contribution is 5.90. The van der Waals surface area contributed by atoms with Gasteiger partial charge in [-0.25, -0.2) is 0 Å². The Kier molecular flexibility index (Phi) is 23.3. The first kappa shape index (κ1) is 53.3. The third kappa shape index (κ3) is 15.5. The number of nitrogens with two attached hydrogens (primary N) is 1. The van der Waals surface area contributed by atoms with Crippen LogP contribution in [0.25, 0.3) is 0 Å². The van der Waals surface area contributed by atoms with E-state index in [2.05, 4.69) is 28.6 Å². The molecule has 0 bridgehead atoms. The van der Waals surface area contributed by atoms with Crippen LogP contribution < -0.4 is 21.7 Å². The second-order valence-electron chi connectivity index (χ2n) is 17.8. The average Bonchev–Trinajstić information content (AvgIpc) is 3.71. The van der Waals surface area contributed by atoms with Gasteiger partial charge in [-0.2, -0.15) is 0 Å². The fourth-order valence-corrected chi connectivity index (χ4v) is 8.83. The second kappa shape index (κ2) is 26.6. The molecule has 0 spiro atoms. The summed E-state index contributed by atoms with van der Waals surface area (Å²) < 4.78 is 12.2. The number of nitrogens with zero attached hydrogens (tertiary/aromatic N) is 3. The van der Waals surface area contributed by atoms with Crippen LogP contribution in [0, 0.1) is 23.7 Å². The summed E-state index contributed by atoms with van der Waals surface area (Å²) in [5.74, 6) is -1.53. The molecule has 0 aromatic carbocycles. The van der Waals surface area contributed by atoms with Gasteiger partial charge in [0.05, 0.1) is 42.8 Å². The largest absolute Gasteiger partial charge is 0.405 e. The van der Waals surface area contributed by atoms with E-state index < -0.39 is 48.5 Å². The van der Waals surface area contributed by atoms with Crippen molar-refractivity contribution in [1.82, 2.24) is 30.7 Å². The van der Waals surface area contributed by atoms with Crippen LogP contribution in [-0.4, -0.2) is 141 Å². The number of carbonyl (C=O) groups excluding carboxylic acids is 4. The molecular formula is C47H81N7O7. The smallest absolute Gasteiger partial charge is 0.245 e. The summed E-state index contributed by atoms with van der Waals surface area (Å²) in [7, 11) is 8.61. The predicted octanol–water partition coefficient (Wildman–Crippen LogP) is 4.28. The van der Waals surface area contributed by atoms with E-state index in [1.807, 2.05) is 84.5 Å². The molecule has 14 nitrogen and oxygen atoms in total. The van der Waals surface area contributed by atoms with Gasteiger partial charge in [-0.3, -0.25) is 29.4 Å². The summed E-state index contributed by atoms with van der Waals surface area (Å²) in [6.07, 6.45) is 14.6. The minimum Gasteiger partial charge on any atom is -0.405 e. The molecule has 14 heteroatoms. The van der Waals surface area contributed by atoms with Gasteiger partial charge in [0, 0.05) is 40.3 Å². The lowest BCUT2D eigenvalue weighted by molar-refractivity contribution is -0.147. The van der Waals surface area contributed by atoms with Crippen LogP contribution in [0.4, 0.5) is 0 Å². The third-order valence-corrected chi connectivity index (χ3v) is 12.5. The van der Waals surface area contributed by atoms with Gasteiger partial charge in [0.25, 0.3) is 0 Å². The van der Waals surface area contributed by atoms with Crippen LogP contribution >= 0.6 is 0 Å². The van der Waals surface area contributed by atoms with Gasteiger partial charge < -0.3 is 40.7 Å². The van der Waals surface area contributed by atoms with Gasteiger partial charge >= 0.3 is 0 Å². The third-order valence-electron chi connectivity index (χ3n) is 12.5. The number of methoxy groups -OCH3 is 2. The van der Waals surface area contributed by atoms with Gasteiger partial charge in [-0.1, -0.05) is 97.4 Å². The first-order valence-electron chi connectivity index (χ1n) is 22.2. The van der Waals surface area contributed by atoms with Gasteiger partial charge in [0.2, 0.25) is 23.6 Å². The Morgan fingerprint density at radius 1 is 1.05 bits per heavy atom. The molecule has 2 rings (SSSR count). The quantitative estimate of drug-likeness (QED) is 0.0624. The molecule has 1 aliphatic carbocycles. The lowest BCUT2D eigenvalue weighted by atomic mass is 9.89. The standard InChI is InChI=1S/C47H81N7O7/c1-14-32(7)42(53(11)47(59)40(30(3)4)51-46(58)41(31(5)6)52(9)10)38(60-12)28-39(55)54-26-20-24-37(54)43(61-13)33(8)44(56)50-36(27-35-21-17-16-18-22-35)45(57)49-29-34(15-2)23-19-25-48/h15-17,19,21,23,25,30-33,36-38,40-44,50,56H,2,14,18,20,22,24,26-29,48H2,1,3-13H3,(H,49,57)(H,51,58). The SMILES string of the molecule is C=CC(=CC=CN)CNC(=O)C(CC1=CC=CCC1)NC(O)C(C)C(OC)C1CCCN1C(=O)CC(OC)C(C(C)CC)N(C)C(=O)C(NC(=O)C(C(C)C)N(C)C)C(C)C. The number of hydrogen-bond acceptors (Lipinski definition) is 10. The highest BCUT2D eigenvalue weighted by atomic mass is 16.5. The number of nitrogens with one attached hydrogen (secondary N) is 3. The van der Waals surface area contributed by atoms with Crippen molar-refractivity contribution < 1.29 is 33.8 Å². The van der Waals surface area contributed by atoms with Gasteiger partial charge in [-0.05, 0) is 81.8 Å². The van der Waals surface area contributed by atoms with E-state index in [-0.39, 0.29) is 60.4 Å². The molecule has 1 aliphatic heterocycles. The number of aliphatic hydroxyl groups excluding tert-OH is 1. The molecular weight excluding hydrogens is 775 g/mol. The van der Waals surface area contributed by atoms with Gasteiger partial charge in [0.15, 0.2) is 0 Å². The van der Waals surface area contributed by atoms with Crippen molar-refractivity contribution in [3.63, 3.8) is 0 Å². The normalized spacial score (nSPS) is 20.5. The zero-order valence-corrected chi connectivity index (χ0v) is 39.4. The second-order valence-corrected chi connectivity index (χ2v) is 17.8. The summed E-state index contributed by atoms with van der Waals surface area (Å²) in [6.45, 7) is 18.3. The van der Waals surface area contributed by atoms with E-state index in [9.17, 15) is 24.3 Å². The molecule has 1 heterocycles. The first-order valence-corrected chi connectivity index (χ1v) is 22.2. The lowest BCUT2D eigenvalue weighted by Gasteiger charge is -2.41. The summed E-state index contributed by atoms with van der Waals surface area (Å²) in [6, 6.07) is -2.72. The molecule has 2 aliphatic rings. The molecule has 0 aromatic heterocycles. The Labute approximate surface area is 367 Å². The molecule has 10 atom stereocenters. The first-order chi connectivity index (χ1) is 28.9. The fraction of sp³-hybridized carbons (Fsp3) is 0.702. The van der Waals surface area contributed by atoms with Crippen molar-refractivity contribution in [3.8, 4) is 0 Å². The van der Waals surface area contributed by atoms with Crippen LogP contribution in [0.3, 0.4) is 0 Å². The highest BCUT2D eigenvalue weighted by Gasteiger charge is 2.43. The molecule has 6 N–H and O–H groups in total.